The molecular weight excluding hydrogens is 288 g/mol. The molecule has 5 nitrogen and oxygen atoms in total. The SMILES string of the molecule is O=S(=O)(NC1CC1)c1ccc(NCC2CCOCC2)cc1. The van der Waals surface area contributed by atoms with E-state index in [4.69, 9.17) is 4.74 Å². The summed E-state index contributed by atoms with van der Waals surface area (Å²) in [4.78, 5) is 0.339. The Bertz CT molecular complexity index is 561. The van der Waals surface area contributed by atoms with E-state index in [0.29, 0.717) is 10.8 Å². The molecule has 1 heterocycles. The Kier molecular flexibility index (Phi) is 4.47. The lowest BCUT2D eigenvalue weighted by atomic mass is 10.0. The Hall–Kier alpha value is -1.11. The third kappa shape index (κ3) is 4.18. The lowest BCUT2D eigenvalue weighted by Crippen LogP contribution is -2.25. The molecule has 1 saturated heterocycles. The van der Waals surface area contributed by atoms with Crippen LogP contribution in [0.2, 0.25) is 0 Å². The van der Waals surface area contributed by atoms with Crippen LogP contribution in [0.1, 0.15) is 25.7 Å². The monoisotopic (exact) mass is 310 g/mol. The van der Waals surface area contributed by atoms with Crippen molar-refractivity contribution in [3.63, 3.8) is 0 Å². The van der Waals surface area contributed by atoms with E-state index < -0.39 is 10.0 Å². The second kappa shape index (κ2) is 6.34. The van der Waals surface area contributed by atoms with Gasteiger partial charge < -0.3 is 10.1 Å². The van der Waals surface area contributed by atoms with Crippen molar-refractivity contribution < 1.29 is 13.2 Å². The van der Waals surface area contributed by atoms with Crippen LogP contribution >= 0.6 is 0 Å². The number of rotatable bonds is 6. The van der Waals surface area contributed by atoms with Crippen molar-refractivity contribution >= 4 is 15.7 Å². The van der Waals surface area contributed by atoms with Crippen LogP contribution in [0.3, 0.4) is 0 Å². The van der Waals surface area contributed by atoms with Gasteiger partial charge in [0.2, 0.25) is 10.0 Å². The van der Waals surface area contributed by atoms with E-state index in [1.807, 2.05) is 12.1 Å². The summed E-state index contributed by atoms with van der Waals surface area (Å²) in [7, 11) is -3.34. The molecule has 0 radical (unpaired) electrons. The van der Waals surface area contributed by atoms with Crippen molar-refractivity contribution in [3.8, 4) is 0 Å². The van der Waals surface area contributed by atoms with Gasteiger partial charge in [-0.05, 0) is 55.9 Å². The first-order valence-corrected chi connectivity index (χ1v) is 9.06. The number of benzene rings is 1. The molecule has 0 spiro atoms. The highest BCUT2D eigenvalue weighted by atomic mass is 32.2. The third-order valence-corrected chi connectivity index (χ3v) is 5.54. The summed E-state index contributed by atoms with van der Waals surface area (Å²) >= 11 is 0. The highest BCUT2D eigenvalue weighted by molar-refractivity contribution is 7.89. The summed E-state index contributed by atoms with van der Waals surface area (Å²) in [5, 5.41) is 3.38. The van der Waals surface area contributed by atoms with Crippen LogP contribution in [0.25, 0.3) is 0 Å². The molecule has 0 bridgehead atoms. The molecule has 0 amide bonds. The highest BCUT2D eigenvalue weighted by Crippen LogP contribution is 2.23. The summed E-state index contributed by atoms with van der Waals surface area (Å²) in [6, 6.07) is 7.14. The second-order valence-electron chi connectivity index (χ2n) is 5.86. The predicted octanol–water partition coefficient (Wildman–Crippen LogP) is 1.97. The van der Waals surface area contributed by atoms with Gasteiger partial charge >= 0.3 is 0 Å². The topological polar surface area (TPSA) is 67.4 Å². The maximum Gasteiger partial charge on any atom is 0.240 e. The predicted molar refractivity (Wildman–Crippen MR) is 81.8 cm³/mol. The normalized spacial score (nSPS) is 20.4. The Balaban J connectivity index is 1.55. The molecule has 1 saturated carbocycles. The fourth-order valence-corrected chi connectivity index (χ4v) is 3.76. The average Bonchev–Trinajstić information content (AvgIpc) is 3.30. The molecule has 0 aromatic heterocycles. The minimum Gasteiger partial charge on any atom is -0.385 e. The highest BCUT2D eigenvalue weighted by Gasteiger charge is 2.27. The van der Waals surface area contributed by atoms with Crippen molar-refractivity contribution in [1.82, 2.24) is 4.72 Å². The standard InChI is InChI=1S/C15H22N2O3S/c18-21(19,17-14-1-2-14)15-5-3-13(4-6-15)16-11-12-7-9-20-10-8-12/h3-6,12,14,16-17H,1-2,7-11H2. The molecule has 21 heavy (non-hydrogen) atoms. The molecule has 1 aliphatic carbocycles. The average molecular weight is 310 g/mol. The van der Waals surface area contributed by atoms with Crippen molar-refractivity contribution in [2.75, 3.05) is 25.1 Å². The molecule has 1 aromatic rings. The van der Waals surface area contributed by atoms with E-state index in [2.05, 4.69) is 10.0 Å². The zero-order valence-corrected chi connectivity index (χ0v) is 12.9. The first-order valence-electron chi connectivity index (χ1n) is 7.57. The second-order valence-corrected chi connectivity index (χ2v) is 7.57. The van der Waals surface area contributed by atoms with E-state index in [9.17, 15) is 8.42 Å². The Morgan fingerprint density at radius 1 is 1.05 bits per heavy atom. The zero-order valence-electron chi connectivity index (χ0n) is 12.0. The quantitative estimate of drug-likeness (QED) is 0.843. The van der Waals surface area contributed by atoms with Crippen LogP contribution in [0, 0.1) is 5.92 Å². The molecule has 2 aliphatic rings. The lowest BCUT2D eigenvalue weighted by molar-refractivity contribution is 0.0699. The molecule has 3 rings (SSSR count). The van der Waals surface area contributed by atoms with Gasteiger partial charge in [-0.3, -0.25) is 0 Å². The van der Waals surface area contributed by atoms with Crippen molar-refractivity contribution in [2.24, 2.45) is 5.92 Å². The smallest absolute Gasteiger partial charge is 0.240 e. The number of ether oxygens (including phenoxy) is 1. The van der Waals surface area contributed by atoms with Gasteiger partial charge in [0.1, 0.15) is 0 Å². The molecular formula is C15H22N2O3S. The maximum atomic E-state index is 12.1. The van der Waals surface area contributed by atoms with Gasteiger partial charge in [-0.1, -0.05) is 0 Å². The molecule has 1 aliphatic heterocycles. The van der Waals surface area contributed by atoms with E-state index in [1.54, 1.807) is 12.1 Å². The summed E-state index contributed by atoms with van der Waals surface area (Å²) in [5.41, 5.74) is 0.965. The van der Waals surface area contributed by atoms with Crippen LogP contribution in [0.15, 0.2) is 29.2 Å². The number of anilines is 1. The Morgan fingerprint density at radius 3 is 2.33 bits per heavy atom. The van der Waals surface area contributed by atoms with Crippen LogP contribution in [0.4, 0.5) is 5.69 Å². The first-order chi connectivity index (χ1) is 10.1. The van der Waals surface area contributed by atoms with Crippen molar-refractivity contribution in [3.05, 3.63) is 24.3 Å². The van der Waals surface area contributed by atoms with Gasteiger partial charge in [0.05, 0.1) is 4.90 Å². The van der Waals surface area contributed by atoms with Gasteiger partial charge in [-0.2, -0.15) is 0 Å². The van der Waals surface area contributed by atoms with Gasteiger partial charge in [0.25, 0.3) is 0 Å². The molecule has 0 atom stereocenters. The third-order valence-electron chi connectivity index (χ3n) is 4.00. The summed E-state index contributed by atoms with van der Waals surface area (Å²) in [6.07, 6.45) is 4.07. The van der Waals surface area contributed by atoms with E-state index in [1.165, 1.54) is 0 Å². The fraction of sp³-hybridized carbons (Fsp3) is 0.600. The minimum atomic E-state index is -3.34. The number of nitrogens with one attached hydrogen (secondary N) is 2. The largest absolute Gasteiger partial charge is 0.385 e. The van der Waals surface area contributed by atoms with Crippen LogP contribution in [-0.4, -0.2) is 34.2 Å². The number of sulfonamides is 1. The van der Waals surface area contributed by atoms with Gasteiger partial charge in [0.15, 0.2) is 0 Å². The fourth-order valence-electron chi connectivity index (χ4n) is 2.45. The number of hydrogen-bond donors (Lipinski definition) is 2. The van der Waals surface area contributed by atoms with Gasteiger partial charge in [-0.25, -0.2) is 13.1 Å². The molecule has 2 N–H and O–H groups in total. The Labute approximate surface area is 126 Å². The molecule has 2 fully saturated rings. The van der Waals surface area contributed by atoms with Gasteiger partial charge in [-0.15, -0.1) is 0 Å². The van der Waals surface area contributed by atoms with Crippen LogP contribution in [0.5, 0.6) is 0 Å². The van der Waals surface area contributed by atoms with Crippen molar-refractivity contribution in [1.29, 1.82) is 0 Å². The van der Waals surface area contributed by atoms with E-state index in [-0.39, 0.29) is 6.04 Å². The van der Waals surface area contributed by atoms with Gasteiger partial charge in [0, 0.05) is 31.5 Å². The van der Waals surface area contributed by atoms with Crippen LogP contribution in [-0.2, 0) is 14.8 Å². The van der Waals surface area contributed by atoms with Crippen molar-refractivity contribution in [2.45, 2.75) is 36.6 Å². The van der Waals surface area contributed by atoms with E-state index >= 15 is 0 Å². The lowest BCUT2D eigenvalue weighted by Gasteiger charge is -2.22. The molecule has 1 aromatic carbocycles. The zero-order chi connectivity index (χ0) is 14.7. The molecule has 0 unspecified atom stereocenters. The molecule has 6 heteroatoms. The Morgan fingerprint density at radius 2 is 1.71 bits per heavy atom. The number of hydrogen-bond acceptors (Lipinski definition) is 4. The van der Waals surface area contributed by atoms with E-state index in [0.717, 1.165) is 51.1 Å². The summed E-state index contributed by atoms with van der Waals surface area (Å²) in [5.74, 6) is 0.638. The maximum absolute atomic E-state index is 12.1. The minimum absolute atomic E-state index is 0.140. The summed E-state index contributed by atoms with van der Waals surface area (Å²) in [6.45, 7) is 2.60. The summed E-state index contributed by atoms with van der Waals surface area (Å²) < 4.78 is 32.1. The first kappa shape index (κ1) is 14.8. The molecule has 116 valence electrons. The van der Waals surface area contributed by atoms with Crippen LogP contribution < -0.4 is 10.0 Å².